The second-order valence-electron chi connectivity index (χ2n) is 7.44. The Labute approximate surface area is 197 Å². The third-order valence-electron chi connectivity index (χ3n) is 5.07. The number of hydrazine groups is 1. The maximum Gasteiger partial charge on any atom is 0.416 e. The van der Waals surface area contributed by atoms with E-state index in [0.29, 0.717) is 5.56 Å². The Morgan fingerprint density at radius 1 is 1.09 bits per heavy atom. The standard InChI is InChI=1S/C22H16ClF4N3O3S/c23-17-2-1-3-18(24)20(17)21(31)29-16-9-6-14-11-28-30(19(14)10-16)34(32,33)12-13-4-7-15(8-5-13)22(25,26)27/h1-10,28H,11-12H2,(H,29,31). The number of alkyl halides is 3. The van der Waals surface area contributed by atoms with Crippen molar-refractivity contribution >= 4 is 38.9 Å². The molecule has 0 spiro atoms. The molecule has 0 aromatic heterocycles. The maximum absolute atomic E-state index is 14.0. The van der Waals surface area contributed by atoms with Crippen LogP contribution < -0.4 is 15.2 Å². The van der Waals surface area contributed by atoms with Crippen molar-refractivity contribution in [1.82, 2.24) is 5.43 Å². The molecule has 0 saturated heterocycles. The summed E-state index contributed by atoms with van der Waals surface area (Å²) in [6.45, 7) is 0.176. The van der Waals surface area contributed by atoms with E-state index in [9.17, 15) is 30.8 Å². The van der Waals surface area contributed by atoms with Crippen molar-refractivity contribution in [2.75, 3.05) is 9.73 Å². The van der Waals surface area contributed by atoms with E-state index < -0.39 is 39.2 Å². The summed E-state index contributed by atoms with van der Waals surface area (Å²) in [4.78, 5) is 12.5. The molecule has 3 aromatic carbocycles. The molecule has 4 rings (SSSR count). The number of carbonyl (C=O) groups is 1. The summed E-state index contributed by atoms with van der Waals surface area (Å²) in [7, 11) is -4.04. The minimum atomic E-state index is -4.53. The summed E-state index contributed by atoms with van der Waals surface area (Å²) in [5.41, 5.74) is 2.69. The van der Waals surface area contributed by atoms with Crippen molar-refractivity contribution in [1.29, 1.82) is 0 Å². The minimum absolute atomic E-state index is 0.0823. The van der Waals surface area contributed by atoms with Gasteiger partial charge in [0.2, 0.25) is 0 Å². The second kappa shape index (κ2) is 8.90. The molecule has 0 atom stereocenters. The normalized spacial score (nSPS) is 13.6. The van der Waals surface area contributed by atoms with Gasteiger partial charge in [-0.15, -0.1) is 0 Å². The fourth-order valence-electron chi connectivity index (χ4n) is 3.44. The zero-order valence-electron chi connectivity index (χ0n) is 17.2. The van der Waals surface area contributed by atoms with Crippen LogP contribution in [0.2, 0.25) is 5.02 Å². The van der Waals surface area contributed by atoms with Crippen LogP contribution in [-0.2, 0) is 28.5 Å². The molecule has 2 N–H and O–H groups in total. The molecule has 6 nitrogen and oxygen atoms in total. The Morgan fingerprint density at radius 3 is 2.44 bits per heavy atom. The van der Waals surface area contributed by atoms with Gasteiger partial charge in [0.15, 0.2) is 0 Å². The number of amides is 1. The zero-order valence-corrected chi connectivity index (χ0v) is 18.7. The molecule has 0 saturated carbocycles. The molecule has 0 fully saturated rings. The van der Waals surface area contributed by atoms with Crippen LogP contribution in [0.15, 0.2) is 60.7 Å². The highest BCUT2D eigenvalue weighted by atomic mass is 35.5. The Bertz CT molecular complexity index is 1340. The van der Waals surface area contributed by atoms with E-state index in [1.165, 1.54) is 24.3 Å². The van der Waals surface area contributed by atoms with Crippen LogP contribution in [0.1, 0.15) is 27.0 Å². The molecule has 3 aromatic rings. The Balaban J connectivity index is 1.56. The summed E-state index contributed by atoms with van der Waals surface area (Å²) < 4.78 is 79.2. The van der Waals surface area contributed by atoms with Crippen molar-refractivity contribution in [3.63, 3.8) is 0 Å². The van der Waals surface area contributed by atoms with Crippen LogP contribution in [0.5, 0.6) is 0 Å². The van der Waals surface area contributed by atoms with Crippen molar-refractivity contribution in [2.24, 2.45) is 0 Å². The van der Waals surface area contributed by atoms with Gasteiger partial charge >= 0.3 is 6.18 Å². The summed E-state index contributed by atoms with van der Waals surface area (Å²) in [5.74, 6) is -2.18. The number of benzene rings is 3. The smallest absolute Gasteiger partial charge is 0.322 e. The monoisotopic (exact) mass is 513 g/mol. The van der Waals surface area contributed by atoms with Gasteiger partial charge in [0.25, 0.3) is 15.9 Å². The van der Waals surface area contributed by atoms with Gasteiger partial charge in [-0.2, -0.15) is 13.2 Å². The molecule has 1 aliphatic heterocycles. The van der Waals surface area contributed by atoms with E-state index in [2.05, 4.69) is 10.7 Å². The highest BCUT2D eigenvalue weighted by molar-refractivity contribution is 7.92. The summed E-state index contributed by atoms with van der Waals surface area (Å²) in [6, 6.07) is 12.2. The van der Waals surface area contributed by atoms with Gasteiger partial charge in [-0.05, 0) is 47.5 Å². The number of hydrogen-bond donors (Lipinski definition) is 2. The minimum Gasteiger partial charge on any atom is -0.322 e. The van der Waals surface area contributed by atoms with Crippen molar-refractivity contribution in [3.8, 4) is 0 Å². The van der Waals surface area contributed by atoms with E-state index in [4.69, 9.17) is 11.6 Å². The first kappa shape index (κ1) is 24.0. The fraction of sp³-hybridized carbons (Fsp3) is 0.136. The number of anilines is 2. The first-order valence-corrected chi connectivity index (χ1v) is 11.8. The van der Waals surface area contributed by atoms with E-state index in [0.717, 1.165) is 34.7 Å². The van der Waals surface area contributed by atoms with Gasteiger partial charge in [-0.25, -0.2) is 22.6 Å². The van der Waals surface area contributed by atoms with Crippen LogP contribution >= 0.6 is 11.6 Å². The third kappa shape index (κ3) is 4.86. The molecule has 0 radical (unpaired) electrons. The summed E-state index contributed by atoms with van der Waals surface area (Å²) in [6.07, 6.45) is -4.53. The SMILES string of the molecule is O=C(Nc1ccc2c(c1)N(S(=O)(=O)Cc1ccc(C(F)(F)F)cc1)NC2)c1c(F)cccc1Cl. The van der Waals surface area contributed by atoms with E-state index >= 15 is 0 Å². The lowest BCUT2D eigenvalue weighted by Gasteiger charge is -2.20. The number of hydrogen-bond acceptors (Lipinski definition) is 4. The van der Waals surface area contributed by atoms with Crippen LogP contribution in [0.25, 0.3) is 0 Å². The van der Waals surface area contributed by atoms with Gasteiger partial charge in [0, 0.05) is 12.2 Å². The molecule has 178 valence electrons. The number of rotatable bonds is 5. The lowest BCUT2D eigenvalue weighted by molar-refractivity contribution is -0.137. The molecule has 0 bridgehead atoms. The highest BCUT2D eigenvalue weighted by Crippen LogP contribution is 2.33. The average Bonchev–Trinajstić information content (AvgIpc) is 3.17. The first-order chi connectivity index (χ1) is 16.0. The number of halogens is 5. The van der Waals surface area contributed by atoms with Gasteiger partial charge in [-0.3, -0.25) is 4.79 Å². The number of sulfonamides is 1. The zero-order chi connectivity index (χ0) is 24.7. The summed E-state index contributed by atoms with van der Waals surface area (Å²) >= 11 is 5.92. The lowest BCUT2D eigenvalue weighted by Crippen LogP contribution is -2.38. The van der Waals surface area contributed by atoms with E-state index in [1.807, 2.05) is 0 Å². The highest BCUT2D eigenvalue weighted by Gasteiger charge is 2.32. The number of nitrogens with one attached hydrogen (secondary N) is 2. The largest absolute Gasteiger partial charge is 0.416 e. The van der Waals surface area contributed by atoms with Gasteiger partial charge < -0.3 is 5.32 Å². The molecule has 1 amide bonds. The lowest BCUT2D eigenvalue weighted by atomic mass is 10.1. The van der Waals surface area contributed by atoms with Crippen LogP contribution in [0.3, 0.4) is 0 Å². The van der Waals surface area contributed by atoms with Crippen LogP contribution in [0.4, 0.5) is 28.9 Å². The Morgan fingerprint density at radius 2 is 1.79 bits per heavy atom. The van der Waals surface area contributed by atoms with Gasteiger partial charge in [0.05, 0.1) is 27.6 Å². The number of nitrogens with zero attached hydrogens (tertiary/aromatic N) is 1. The number of carbonyl (C=O) groups excluding carboxylic acids is 1. The van der Waals surface area contributed by atoms with E-state index in [-0.39, 0.29) is 34.1 Å². The van der Waals surface area contributed by atoms with Crippen molar-refractivity contribution in [3.05, 3.63) is 93.8 Å². The predicted molar refractivity (Wildman–Crippen MR) is 119 cm³/mol. The Hall–Kier alpha value is -3.15. The molecule has 1 aliphatic rings. The molecule has 0 aliphatic carbocycles. The Kier molecular flexibility index (Phi) is 6.28. The van der Waals surface area contributed by atoms with E-state index in [1.54, 1.807) is 6.07 Å². The predicted octanol–water partition coefficient (Wildman–Crippen LogP) is 5.10. The summed E-state index contributed by atoms with van der Waals surface area (Å²) in [5, 5.41) is 2.41. The first-order valence-electron chi connectivity index (χ1n) is 9.76. The van der Waals surface area contributed by atoms with Gasteiger partial charge in [-0.1, -0.05) is 35.9 Å². The second-order valence-corrected chi connectivity index (χ2v) is 9.67. The molecular weight excluding hydrogens is 498 g/mol. The molecule has 0 unspecified atom stereocenters. The number of fused-ring (bicyclic) bond motifs is 1. The van der Waals surface area contributed by atoms with Crippen LogP contribution in [0, 0.1) is 5.82 Å². The van der Waals surface area contributed by atoms with Crippen LogP contribution in [-0.4, -0.2) is 14.3 Å². The maximum atomic E-state index is 14.0. The van der Waals surface area contributed by atoms with Gasteiger partial charge in [0.1, 0.15) is 5.82 Å². The topological polar surface area (TPSA) is 78.5 Å². The molecule has 1 heterocycles. The quantitative estimate of drug-likeness (QED) is 0.465. The molecule has 12 heteroatoms. The van der Waals surface area contributed by atoms with Crippen molar-refractivity contribution in [2.45, 2.75) is 18.5 Å². The molecular formula is C22H16ClF4N3O3S. The third-order valence-corrected chi connectivity index (χ3v) is 6.97. The average molecular weight is 514 g/mol. The van der Waals surface area contributed by atoms with Crippen molar-refractivity contribution < 1.29 is 30.8 Å². The molecule has 34 heavy (non-hydrogen) atoms. The fourth-order valence-corrected chi connectivity index (χ4v) is 5.17.